The Bertz CT molecular complexity index is 78.8. The molecule has 0 aromatic carbocycles. The molecule has 0 amide bonds. The van der Waals surface area contributed by atoms with Crippen molar-refractivity contribution in [2.24, 2.45) is 5.92 Å². The Balaban J connectivity index is 3.04. The number of nitrogens with one attached hydrogen (secondary N) is 1. The second kappa shape index (κ2) is 6.81. The number of hydrogen-bond acceptors (Lipinski definition) is 1. The Morgan fingerprint density at radius 3 is 2.80 bits per heavy atom. The normalized spacial score (nSPS) is 13.0. The van der Waals surface area contributed by atoms with Crippen LogP contribution in [0.3, 0.4) is 0 Å². The Labute approximate surface area is 64.5 Å². The standard InChI is InChI=1S/C9H19N/c1-4-6-9(3)8-10-7-5-2/h4,9-10H,1,5-8H2,2-3H3. The van der Waals surface area contributed by atoms with Crippen LogP contribution in [0.5, 0.6) is 0 Å². The van der Waals surface area contributed by atoms with E-state index in [1.165, 1.54) is 6.42 Å². The lowest BCUT2D eigenvalue weighted by atomic mass is 10.1. The van der Waals surface area contributed by atoms with Crippen molar-refractivity contribution in [2.75, 3.05) is 13.1 Å². The quantitative estimate of drug-likeness (QED) is 0.441. The lowest BCUT2D eigenvalue weighted by Gasteiger charge is -2.08. The van der Waals surface area contributed by atoms with E-state index in [4.69, 9.17) is 0 Å². The molecule has 1 heteroatoms. The monoisotopic (exact) mass is 141 g/mol. The zero-order valence-corrected chi connectivity index (χ0v) is 7.19. The van der Waals surface area contributed by atoms with Gasteiger partial charge in [-0.3, -0.25) is 0 Å². The van der Waals surface area contributed by atoms with E-state index in [-0.39, 0.29) is 0 Å². The number of hydrogen-bond donors (Lipinski definition) is 1. The predicted molar refractivity (Wildman–Crippen MR) is 47.1 cm³/mol. The molecule has 1 N–H and O–H groups in total. The highest BCUT2D eigenvalue weighted by molar-refractivity contribution is 4.71. The SMILES string of the molecule is C=CCC(C)CNCCC. The van der Waals surface area contributed by atoms with E-state index in [1.54, 1.807) is 0 Å². The van der Waals surface area contributed by atoms with Gasteiger partial charge in [0.05, 0.1) is 0 Å². The van der Waals surface area contributed by atoms with Crippen molar-refractivity contribution < 1.29 is 0 Å². The zero-order chi connectivity index (χ0) is 7.82. The maximum Gasteiger partial charge on any atom is -0.00202 e. The minimum Gasteiger partial charge on any atom is -0.316 e. The Hall–Kier alpha value is -0.300. The van der Waals surface area contributed by atoms with Crippen LogP contribution < -0.4 is 5.32 Å². The number of allylic oxidation sites excluding steroid dienone is 1. The lowest BCUT2D eigenvalue weighted by Crippen LogP contribution is -2.21. The molecule has 1 nitrogen and oxygen atoms in total. The summed E-state index contributed by atoms with van der Waals surface area (Å²) in [5.41, 5.74) is 0. The van der Waals surface area contributed by atoms with Gasteiger partial charge in [0, 0.05) is 0 Å². The van der Waals surface area contributed by atoms with Crippen LogP contribution in [0, 0.1) is 5.92 Å². The molecule has 0 aliphatic heterocycles. The molecular formula is C9H19N. The first-order chi connectivity index (χ1) is 4.81. The van der Waals surface area contributed by atoms with Crippen molar-refractivity contribution in [1.82, 2.24) is 5.32 Å². The van der Waals surface area contributed by atoms with Gasteiger partial charge >= 0.3 is 0 Å². The summed E-state index contributed by atoms with van der Waals surface area (Å²) in [6.45, 7) is 10.4. The molecule has 0 fully saturated rings. The van der Waals surface area contributed by atoms with Crippen molar-refractivity contribution >= 4 is 0 Å². The largest absolute Gasteiger partial charge is 0.316 e. The molecule has 0 bridgehead atoms. The van der Waals surface area contributed by atoms with Gasteiger partial charge in [0.15, 0.2) is 0 Å². The molecule has 0 aromatic heterocycles. The molecule has 0 heterocycles. The van der Waals surface area contributed by atoms with Crippen molar-refractivity contribution in [2.45, 2.75) is 26.7 Å². The molecule has 60 valence electrons. The van der Waals surface area contributed by atoms with Crippen molar-refractivity contribution in [1.29, 1.82) is 0 Å². The van der Waals surface area contributed by atoms with Crippen molar-refractivity contribution in [3.63, 3.8) is 0 Å². The summed E-state index contributed by atoms with van der Waals surface area (Å²) in [7, 11) is 0. The van der Waals surface area contributed by atoms with Crippen molar-refractivity contribution in [3.8, 4) is 0 Å². The maximum atomic E-state index is 3.70. The summed E-state index contributed by atoms with van der Waals surface area (Å²) in [4.78, 5) is 0. The smallest absolute Gasteiger partial charge is 0.00202 e. The molecule has 1 atom stereocenters. The Kier molecular flexibility index (Phi) is 6.61. The third kappa shape index (κ3) is 5.83. The molecule has 0 aromatic rings. The summed E-state index contributed by atoms with van der Waals surface area (Å²) < 4.78 is 0. The van der Waals surface area contributed by atoms with Gasteiger partial charge in [0.2, 0.25) is 0 Å². The van der Waals surface area contributed by atoms with E-state index in [2.05, 4.69) is 25.7 Å². The zero-order valence-electron chi connectivity index (χ0n) is 7.19. The highest BCUT2D eigenvalue weighted by Crippen LogP contribution is 1.98. The number of rotatable bonds is 6. The second-order valence-corrected chi connectivity index (χ2v) is 2.83. The molecule has 0 radical (unpaired) electrons. The van der Waals surface area contributed by atoms with Gasteiger partial charge in [-0.15, -0.1) is 6.58 Å². The second-order valence-electron chi connectivity index (χ2n) is 2.83. The van der Waals surface area contributed by atoms with Gasteiger partial charge in [0.25, 0.3) is 0 Å². The molecular weight excluding hydrogens is 122 g/mol. The fraction of sp³-hybridized carbons (Fsp3) is 0.778. The molecule has 0 aliphatic rings. The van der Waals surface area contributed by atoms with E-state index < -0.39 is 0 Å². The van der Waals surface area contributed by atoms with E-state index in [0.717, 1.165) is 25.4 Å². The lowest BCUT2D eigenvalue weighted by molar-refractivity contribution is 0.518. The van der Waals surface area contributed by atoms with Crippen LogP contribution >= 0.6 is 0 Å². The summed E-state index contributed by atoms with van der Waals surface area (Å²) in [5.74, 6) is 0.740. The van der Waals surface area contributed by atoms with Crippen LogP contribution in [0.15, 0.2) is 12.7 Å². The van der Waals surface area contributed by atoms with Gasteiger partial charge < -0.3 is 5.32 Å². The Morgan fingerprint density at radius 2 is 2.30 bits per heavy atom. The first-order valence-electron chi connectivity index (χ1n) is 4.12. The topological polar surface area (TPSA) is 12.0 Å². The molecule has 1 unspecified atom stereocenters. The minimum atomic E-state index is 0.740. The fourth-order valence-corrected chi connectivity index (χ4v) is 0.893. The highest BCUT2D eigenvalue weighted by Gasteiger charge is 1.96. The fourth-order valence-electron chi connectivity index (χ4n) is 0.893. The van der Waals surface area contributed by atoms with Crippen LogP contribution in [-0.2, 0) is 0 Å². The molecule has 0 rings (SSSR count). The first-order valence-corrected chi connectivity index (χ1v) is 4.12. The van der Waals surface area contributed by atoms with E-state index in [1.807, 2.05) is 6.08 Å². The maximum absolute atomic E-state index is 3.70. The first kappa shape index (κ1) is 9.70. The van der Waals surface area contributed by atoms with Gasteiger partial charge in [-0.05, 0) is 31.8 Å². The van der Waals surface area contributed by atoms with E-state index >= 15 is 0 Å². The predicted octanol–water partition coefficient (Wildman–Crippen LogP) is 2.20. The summed E-state index contributed by atoms with van der Waals surface area (Å²) >= 11 is 0. The summed E-state index contributed by atoms with van der Waals surface area (Å²) in [6.07, 6.45) is 4.33. The third-order valence-corrected chi connectivity index (χ3v) is 1.49. The minimum absolute atomic E-state index is 0.740. The van der Waals surface area contributed by atoms with Gasteiger partial charge in [-0.25, -0.2) is 0 Å². The van der Waals surface area contributed by atoms with Gasteiger partial charge in [-0.2, -0.15) is 0 Å². The molecule has 0 saturated heterocycles. The average Bonchev–Trinajstić information content (AvgIpc) is 1.89. The van der Waals surface area contributed by atoms with Crippen LogP contribution in [0.25, 0.3) is 0 Å². The van der Waals surface area contributed by atoms with Crippen LogP contribution in [0.1, 0.15) is 26.7 Å². The Morgan fingerprint density at radius 1 is 1.60 bits per heavy atom. The summed E-state index contributed by atoms with van der Waals surface area (Å²) in [5, 5.41) is 3.37. The average molecular weight is 141 g/mol. The van der Waals surface area contributed by atoms with Gasteiger partial charge in [-0.1, -0.05) is 19.9 Å². The molecule has 0 saturated carbocycles. The summed E-state index contributed by atoms with van der Waals surface area (Å²) in [6, 6.07) is 0. The van der Waals surface area contributed by atoms with Crippen LogP contribution in [0.2, 0.25) is 0 Å². The van der Waals surface area contributed by atoms with E-state index in [9.17, 15) is 0 Å². The molecule has 0 aliphatic carbocycles. The third-order valence-electron chi connectivity index (χ3n) is 1.49. The van der Waals surface area contributed by atoms with Gasteiger partial charge in [0.1, 0.15) is 0 Å². The van der Waals surface area contributed by atoms with Crippen LogP contribution in [0.4, 0.5) is 0 Å². The van der Waals surface area contributed by atoms with Crippen LogP contribution in [-0.4, -0.2) is 13.1 Å². The molecule has 10 heavy (non-hydrogen) atoms. The van der Waals surface area contributed by atoms with Crippen molar-refractivity contribution in [3.05, 3.63) is 12.7 Å². The highest BCUT2D eigenvalue weighted by atomic mass is 14.8. The molecule has 0 spiro atoms. The van der Waals surface area contributed by atoms with E-state index in [0.29, 0.717) is 0 Å².